The summed E-state index contributed by atoms with van der Waals surface area (Å²) in [7, 11) is 0. The van der Waals surface area contributed by atoms with E-state index in [4.69, 9.17) is 4.42 Å². The summed E-state index contributed by atoms with van der Waals surface area (Å²) in [6, 6.07) is 8.35. The predicted octanol–water partition coefficient (Wildman–Crippen LogP) is 4.01. The first kappa shape index (κ1) is 17.0. The smallest absolute Gasteiger partial charge is 0.335 e. The second kappa shape index (κ2) is 6.60. The van der Waals surface area contributed by atoms with E-state index in [1.54, 1.807) is 38.1 Å². The van der Waals surface area contributed by atoms with Gasteiger partial charge >= 0.3 is 5.97 Å². The number of carboxylic acids is 1. The number of imide groups is 1. The number of aromatic carboxylic acids is 1. The molecule has 6 nitrogen and oxygen atoms in total. The Hall–Kier alpha value is -2.80. The summed E-state index contributed by atoms with van der Waals surface area (Å²) in [5, 5.41) is 8.92. The van der Waals surface area contributed by atoms with Crippen molar-refractivity contribution in [3.63, 3.8) is 0 Å². The molecule has 1 saturated heterocycles. The maximum atomic E-state index is 12.1. The minimum absolute atomic E-state index is 0.208. The van der Waals surface area contributed by atoms with E-state index in [-0.39, 0.29) is 16.7 Å². The number of carbonyl (C=O) groups excluding carboxylic acids is 2. The zero-order valence-corrected chi connectivity index (χ0v) is 14.4. The fraction of sp³-hybridized carbons (Fsp3) is 0.167. The van der Waals surface area contributed by atoms with E-state index < -0.39 is 5.97 Å². The molecule has 128 valence electrons. The highest BCUT2D eigenvalue weighted by molar-refractivity contribution is 8.18. The Morgan fingerprint density at radius 1 is 1.28 bits per heavy atom. The van der Waals surface area contributed by atoms with Crippen molar-refractivity contribution in [2.75, 3.05) is 6.54 Å². The summed E-state index contributed by atoms with van der Waals surface area (Å²) >= 11 is 0.877. The molecule has 0 radical (unpaired) electrons. The van der Waals surface area contributed by atoms with Gasteiger partial charge in [-0.3, -0.25) is 14.5 Å². The topological polar surface area (TPSA) is 87.8 Å². The second-order valence-corrected chi connectivity index (χ2v) is 6.40. The first-order valence-electron chi connectivity index (χ1n) is 7.61. The molecule has 0 unspecified atom stereocenters. The number of hydrogen-bond donors (Lipinski definition) is 1. The van der Waals surface area contributed by atoms with E-state index >= 15 is 0 Å². The van der Waals surface area contributed by atoms with Crippen LogP contribution in [0.3, 0.4) is 0 Å². The quantitative estimate of drug-likeness (QED) is 0.832. The predicted molar refractivity (Wildman–Crippen MR) is 94.2 cm³/mol. The lowest BCUT2D eigenvalue weighted by Crippen LogP contribution is -2.27. The van der Waals surface area contributed by atoms with E-state index in [2.05, 4.69) is 0 Å². The molecule has 1 N–H and O–H groups in total. The van der Waals surface area contributed by atoms with E-state index in [1.165, 1.54) is 17.0 Å². The highest BCUT2D eigenvalue weighted by Crippen LogP contribution is 2.33. The number of furan rings is 1. The monoisotopic (exact) mass is 357 g/mol. The van der Waals surface area contributed by atoms with Crippen LogP contribution >= 0.6 is 11.8 Å². The van der Waals surface area contributed by atoms with Crippen LogP contribution in [0.1, 0.15) is 28.6 Å². The number of carboxylic acid groups (broad SMARTS) is 1. The fourth-order valence-corrected chi connectivity index (χ4v) is 3.49. The Bertz CT molecular complexity index is 912. The van der Waals surface area contributed by atoms with E-state index in [0.29, 0.717) is 34.1 Å². The molecule has 3 rings (SSSR count). The molecule has 2 heterocycles. The van der Waals surface area contributed by atoms with Crippen LogP contribution in [-0.2, 0) is 4.79 Å². The van der Waals surface area contributed by atoms with E-state index in [1.807, 2.05) is 0 Å². The SMILES string of the molecule is CCN1C(=O)S/C(=C/c2ccc(-c3cccc(C(=O)O)c3C)o2)C1=O. The van der Waals surface area contributed by atoms with Gasteiger partial charge in [0.05, 0.1) is 10.5 Å². The molecule has 0 atom stereocenters. The molecule has 2 amide bonds. The van der Waals surface area contributed by atoms with Gasteiger partial charge in [-0.15, -0.1) is 0 Å². The third-order valence-corrected chi connectivity index (χ3v) is 4.83. The third kappa shape index (κ3) is 3.10. The number of amides is 2. The maximum absolute atomic E-state index is 12.1. The summed E-state index contributed by atoms with van der Waals surface area (Å²) in [5.41, 5.74) is 1.47. The van der Waals surface area contributed by atoms with Crippen molar-refractivity contribution >= 4 is 35.0 Å². The average molecular weight is 357 g/mol. The third-order valence-electron chi connectivity index (χ3n) is 3.92. The maximum Gasteiger partial charge on any atom is 0.335 e. The highest BCUT2D eigenvalue weighted by atomic mass is 32.2. The molecule has 1 aromatic heterocycles. The first-order valence-corrected chi connectivity index (χ1v) is 8.42. The first-order chi connectivity index (χ1) is 11.9. The number of hydrogen-bond acceptors (Lipinski definition) is 5. The molecule has 1 fully saturated rings. The minimum Gasteiger partial charge on any atom is -0.478 e. The molecule has 0 bridgehead atoms. The van der Waals surface area contributed by atoms with E-state index in [9.17, 15) is 19.5 Å². The summed E-state index contributed by atoms with van der Waals surface area (Å²) in [6.45, 7) is 3.78. The Morgan fingerprint density at radius 2 is 2.04 bits per heavy atom. The van der Waals surface area contributed by atoms with Crippen molar-refractivity contribution in [3.05, 3.63) is 52.1 Å². The largest absolute Gasteiger partial charge is 0.478 e. The number of nitrogens with zero attached hydrogens (tertiary/aromatic N) is 1. The summed E-state index contributed by atoms with van der Waals surface area (Å²) in [4.78, 5) is 36.6. The van der Waals surface area contributed by atoms with Crippen LogP contribution in [-0.4, -0.2) is 33.7 Å². The molecular formula is C18H15NO5S. The minimum atomic E-state index is -1.00. The van der Waals surface area contributed by atoms with Crippen molar-refractivity contribution in [3.8, 4) is 11.3 Å². The van der Waals surface area contributed by atoms with Gasteiger partial charge in [0.15, 0.2) is 0 Å². The number of carbonyl (C=O) groups is 3. The van der Waals surface area contributed by atoms with Crippen LogP contribution in [0.15, 0.2) is 39.7 Å². The van der Waals surface area contributed by atoms with Crippen molar-refractivity contribution in [1.82, 2.24) is 4.90 Å². The molecule has 1 aromatic carbocycles. The molecule has 0 spiro atoms. The molecule has 1 aliphatic rings. The van der Waals surface area contributed by atoms with Crippen molar-refractivity contribution in [2.24, 2.45) is 0 Å². The normalized spacial score (nSPS) is 16.1. The zero-order chi connectivity index (χ0) is 18.1. The molecule has 25 heavy (non-hydrogen) atoms. The molecule has 0 aliphatic carbocycles. The Morgan fingerprint density at radius 3 is 2.68 bits per heavy atom. The van der Waals surface area contributed by atoms with Gasteiger partial charge in [0.1, 0.15) is 11.5 Å². The molecule has 7 heteroatoms. The number of likely N-dealkylation sites (N-methyl/N-ethyl adjacent to an activating group) is 1. The number of thioether (sulfide) groups is 1. The van der Waals surface area contributed by atoms with Crippen LogP contribution in [0.2, 0.25) is 0 Å². The highest BCUT2D eigenvalue weighted by Gasteiger charge is 2.33. The Kier molecular flexibility index (Phi) is 4.50. The lowest BCUT2D eigenvalue weighted by molar-refractivity contribution is -0.122. The van der Waals surface area contributed by atoms with Crippen LogP contribution < -0.4 is 0 Å². The van der Waals surface area contributed by atoms with Crippen LogP contribution in [0.4, 0.5) is 4.79 Å². The number of benzene rings is 1. The lowest BCUT2D eigenvalue weighted by atomic mass is 10.0. The van der Waals surface area contributed by atoms with Gasteiger partial charge in [-0.05, 0) is 49.4 Å². The van der Waals surface area contributed by atoms with Gasteiger partial charge in [0.2, 0.25) is 0 Å². The lowest BCUT2D eigenvalue weighted by Gasteiger charge is -2.06. The van der Waals surface area contributed by atoms with Crippen LogP contribution in [0.25, 0.3) is 17.4 Å². The molecule has 0 saturated carbocycles. The number of rotatable bonds is 4. The standard InChI is InChI=1S/C18H15NO5S/c1-3-19-16(20)15(25-18(19)23)9-11-7-8-14(24-11)12-5-4-6-13(10(12)2)17(21)22/h4-9H,3H2,1-2H3,(H,21,22)/b15-9+. The van der Waals surface area contributed by atoms with Gasteiger partial charge in [-0.1, -0.05) is 12.1 Å². The van der Waals surface area contributed by atoms with Crippen molar-refractivity contribution in [1.29, 1.82) is 0 Å². The zero-order valence-electron chi connectivity index (χ0n) is 13.6. The molecule has 2 aromatic rings. The summed E-state index contributed by atoms with van der Waals surface area (Å²) < 4.78 is 5.73. The molecular weight excluding hydrogens is 342 g/mol. The average Bonchev–Trinajstić information content (AvgIpc) is 3.12. The van der Waals surface area contributed by atoms with Gasteiger partial charge in [-0.25, -0.2) is 4.79 Å². The van der Waals surface area contributed by atoms with Gasteiger partial charge in [0.25, 0.3) is 11.1 Å². The Balaban J connectivity index is 1.93. The van der Waals surface area contributed by atoms with Gasteiger partial charge in [-0.2, -0.15) is 0 Å². The summed E-state index contributed by atoms with van der Waals surface area (Å²) in [5.74, 6) is -0.405. The van der Waals surface area contributed by atoms with E-state index in [0.717, 1.165) is 11.8 Å². The van der Waals surface area contributed by atoms with Crippen molar-refractivity contribution in [2.45, 2.75) is 13.8 Å². The fourth-order valence-electron chi connectivity index (χ4n) is 2.61. The second-order valence-electron chi connectivity index (χ2n) is 5.41. The summed E-state index contributed by atoms with van der Waals surface area (Å²) in [6.07, 6.45) is 1.53. The van der Waals surface area contributed by atoms with Gasteiger partial charge < -0.3 is 9.52 Å². The van der Waals surface area contributed by atoms with Crippen LogP contribution in [0, 0.1) is 6.92 Å². The Labute approximate surface area is 148 Å². The van der Waals surface area contributed by atoms with Crippen LogP contribution in [0.5, 0.6) is 0 Å². The van der Waals surface area contributed by atoms with Gasteiger partial charge in [0, 0.05) is 18.2 Å². The molecule has 1 aliphatic heterocycles. The van der Waals surface area contributed by atoms with Crippen molar-refractivity contribution < 1.29 is 23.9 Å².